The van der Waals surface area contributed by atoms with E-state index in [9.17, 15) is 8.42 Å². The molecule has 0 amide bonds. The minimum atomic E-state index is -3.05. The first-order valence-electron chi connectivity index (χ1n) is 8.54. The second-order valence-electron chi connectivity index (χ2n) is 7.01. The van der Waals surface area contributed by atoms with E-state index in [1.165, 1.54) is 6.26 Å². The Morgan fingerprint density at radius 1 is 1.37 bits per heavy atom. The normalized spacial score (nSPS) is 21.8. The van der Waals surface area contributed by atoms with E-state index in [4.69, 9.17) is 21.9 Å². The zero-order valence-electron chi connectivity index (χ0n) is 15.3. The summed E-state index contributed by atoms with van der Waals surface area (Å²) in [5, 5.41) is 5.28. The molecular formula is C17H20ClN5O3S. The van der Waals surface area contributed by atoms with Crippen LogP contribution in [0.3, 0.4) is 0 Å². The molecule has 3 rings (SSSR count). The molecule has 10 heteroatoms. The molecule has 2 aromatic rings. The number of hydrogen-bond donors (Lipinski definition) is 0. The first-order chi connectivity index (χ1) is 12.7. The summed E-state index contributed by atoms with van der Waals surface area (Å²) in [5.41, 5.74) is 8.89. The Kier molecular flexibility index (Phi) is 5.20. The third kappa shape index (κ3) is 3.81. The van der Waals surface area contributed by atoms with Gasteiger partial charge in [0.2, 0.25) is 5.88 Å². The summed E-state index contributed by atoms with van der Waals surface area (Å²) in [6.07, 6.45) is 5.68. The molecule has 2 aromatic heterocycles. The Hall–Kier alpha value is -2.09. The number of pyridine rings is 2. The Morgan fingerprint density at radius 3 is 2.67 bits per heavy atom. The van der Waals surface area contributed by atoms with Gasteiger partial charge >= 0.3 is 0 Å². The van der Waals surface area contributed by atoms with Crippen molar-refractivity contribution in [3.8, 4) is 5.88 Å². The number of nitrogens with zero attached hydrogens (tertiary/aromatic N) is 5. The smallest absolute Gasteiger partial charge is 0.223 e. The molecule has 0 spiro atoms. The van der Waals surface area contributed by atoms with Gasteiger partial charge in [0.05, 0.1) is 16.2 Å². The topological polar surface area (TPSA) is 118 Å². The van der Waals surface area contributed by atoms with E-state index in [1.807, 2.05) is 13.8 Å². The first-order valence-corrected chi connectivity index (χ1v) is 10.9. The van der Waals surface area contributed by atoms with Crippen LogP contribution in [-0.2, 0) is 15.4 Å². The summed E-state index contributed by atoms with van der Waals surface area (Å²) < 4.78 is 29.1. The van der Waals surface area contributed by atoms with Gasteiger partial charge in [-0.3, -0.25) is 0 Å². The predicted molar refractivity (Wildman–Crippen MR) is 104 cm³/mol. The van der Waals surface area contributed by atoms with E-state index in [2.05, 4.69) is 20.0 Å². The van der Waals surface area contributed by atoms with Gasteiger partial charge < -0.3 is 4.74 Å². The third-order valence-corrected chi connectivity index (χ3v) is 6.97. The fraction of sp³-hybridized carbons (Fsp3) is 0.529. The predicted octanol–water partition coefficient (Wildman–Crippen LogP) is 4.17. The van der Waals surface area contributed by atoms with Crippen LogP contribution in [0.5, 0.6) is 5.88 Å². The van der Waals surface area contributed by atoms with Gasteiger partial charge in [-0.1, -0.05) is 23.6 Å². The van der Waals surface area contributed by atoms with Gasteiger partial charge in [-0.25, -0.2) is 18.4 Å². The molecule has 0 saturated heterocycles. The van der Waals surface area contributed by atoms with Gasteiger partial charge in [-0.15, -0.1) is 0 Å². The van der Waals surface area contributed by atoms with Gasteiger partial charge in [-0.05, 0) is 35.9 Å². The van der Waals surface area contributed by atoms with E-state index in [-0.39, 0.29) is 11.4 Å². The molecule has 8 nitrogen and oxygen atoms in total. The maximum atomic E-state index is 11.6. The highest BCUT2D eigenvalue weighted by molar-refractivity contribution is 7.91. The summed E-state index contributed by atoms with van der Waals surface area (Å²) in [7, 11) is -3.05. The van der Waals surface area contributed by atoms with Crippen molar-refractivity contribution < 1.29 is 13.2 Å². The summed E-state index contributed by atoms with van der Waals surface area (Å²) >= 11 is 6.08. The van der Waals surface area contributed by atoms with Crippen molar-refractivity contribution in [2.75, 3.05) is 6.26 Å². The highest BCUT2D eigenvalue weighted by atomic mass is 35.5. The minimum absolute atomic E-state index is 0.211. The third-order valence-electron chi connectivity index (χ3n) is 5.17. The highest BCUT2D eigenvalue weighted by Crippen LogP contribution is 2.39. The highest BCUT2D eigenvalue weighted by Gasteiger charge is 2.38. The van der Waals surface area contributed by atoms with Crippen LogP contribution in [0, 0.1) is 0 Å². The monoisotopic (exact) mass is 409 g/mol. The summed E-state index contributed by atoms with van der Waals surface area (Å²) in [6, 6.07) is 1.70. The first kappa shape index (κ1) is 19.7. The molecule has 0 bridgehead atoms. The number of azide groups is 1. The van der Waals surface area contributed by atoms with Gasteiger partial charge in [0.25, 0.3) is 0 Å². The van der Waals surface area contributed by atoms with Crippen molar-refractivity contribution in [1.29, 1.82) is 0 Å². The Labute approximate surface area is 162 Å². The van der Waals surface area contributed by atoms with Crippen LogP contribution in [0.15, 0.2) is 23.6 Å². The minimum Gasteiger partial charge on any atom is -0.474 e. The lowest BCUT2D eigenvalue weighted by molar-refractivity contribution is 0.119. The van der Waals surface area contributed by atoms with Crippen LogP contribution in [0.4, 0.5) is 0 Å². The standard InChI is InChI=1S/C17H20ClN5O3S/c1-4-17(2,22-23-19)14-9-21-16(13-8-20-15(18)7-12(13)14)26-10-5-11(6-10)27(3,24)25/h7-11H,4-6H2,1-3H3/t10-,11+,17?. The van der Waals surface area contributed by atoms with Gasteiger partial charge in [0, 0.05) is 36.4 Å². The van der Waals surface area contributed by atoms with Crippen molar-refractivity contribution >= 4 is 32.2 Å². The fourth-order valence-corrected chi connectivity index (χ4v) is 4.43. The van der Waals surface area contributed by atoms with Crippen molar-refractivity contribution in [2.45, 2.75) is 50.0 Å². The largest absolute Gasteiger partial charge is 0.474 e. The van der Waals surface area contributed by atoms with E-state index < -0.39 is 15.4 Å². The average Bonchev–Trinajstić information content (AvgIpc) is 2.56. The molecule has 1 unspecified atom stereocenters. The quantitative estimate of drug-likeness (QED) is 0.307. The number of sulfone groups is 1. The summed E-state index contributed by atoms with van der Waals surface area (Å²) in [5.74, 6) is 0.370. The van der Waals surface area contributed by atoms with E-state index in [1.54, 1.807) is 18.5 Å². The fourth-order valence-electron chi connectivity index (χ4n) is 3.14. The lowest BCUT2D eigenvalue weighted by atomic mass is 9.88. The Balaban J connectivity index is 2.00. The van der Waals surface area contributed by atoms with Crippen molar-refractivity contribution in [1.82, 2.24) is 9.97 Å². The molecule has 0 radical (unpaired) electrons. The molecule has 1 aliphatic carbocycles. The van der Waals surface area contributed by atoms with Crippen LogP contribution >= 0.6 is 11.6 Å². The molecule has 0 aromatic carbocycles. The lowest BCUT2D eigenvalue weighted by Crippen LogP contribution is -2.42. The van der Waals surface area contributed by atoms with Gasteiger partial charge in [0.15, 0.2) is 9.84 Å². The number of hydrogen-bond acceptors (Lipinski definition) is 6. The van der Waals surface area contributed by atoms with E-state index in [0.717, 1.165) is 10.9 Å². The lowest BCUT2D eigenvalue weighted by Gasteiger charge is -2.34. The van der Waals surface area contributed by atoms with Gasteiger partial charge in [-0.2, -0.15) is 0 Å². The zero-order chi connectivity index (χ0) is 19.8. The number of rotatable bonds is 6. The van der Waals surface area contributed by atoms with Crippen LogP contribution in [-0.4, -0.2) is 36.0 Å². The second-order valence-corrected chi connectivity index (χ2v) is 9.72. The second kappa shape index (κ2) is 7.14. The number of halogens is 1. The van der Waals surface area contributed by atoms with Crippen molar-refractivity contribution in [3.05, 3.63) is 39.6 Å². The molecule has 27 heavy (non-hydrogen) atoms. The SMILES string of the molecule is CCC(C)(N=[N+]=[N-])c1cnc(O[C@H]2C[C@@H](S(C)(=O)=O)C2)c2cnc(Cl)cc12. The molecule has 1 fully saturated rings. The number of fused-ring (bicyclic) bond motifs is 1. The number of aromatic nitrogens is 2. The van der Waals surface area contributed by atoms with Crippen molar-refractivity contribution in [2.24, 2.45) is 5.11 Å². The summed E-state index contributed by atoms with van der Waals surface area (Å²) in [6.45, 7) is 3.76. The molecule has 1 saturated carbocycles. The van der Waals surface area contributed by atoms with Crippen molar-refractivity contribution in [3.63, 3.8) is 0 Å². The maximum Gasteiger partial charge on any atom is 0.223 e. The van der Waals surface area contributed by atoms with Crippen LogP contribution in [0.25, 0.3) is 21.2 Å². The van der Waals surface area contributed by atoms with Gasteiger partial charge in [0.1, 0.15) is 11.3 Å². The molecule has 1 aliphatic rings. The molecule has 2 heterocycles. The van der Waals surface area contributed by atoms with E-state index in [0.29, 0.717) is 35.7 Å². The summed E-state index contributed by atoms with van der Waals surface area (Å²) in [4.78, 5) is 11.5. The Morgan fingerprint density at radius 2 is 2.07 bits per heavy atom. The molecule has 0 aliphatic heterocycles. The average molecular weight is 410 g/mol. The van der Waals surface area contributed by atoms with E-state index >= 15 is 0 Å². The van der Waals surface area contributed by atoms with Crippen LogP contribution < -0.4 is 4.74 Å². The molecule has 1 atom stereocenters. The molecular weight excluding hydrogens is 390 g/mol. The number of ether oxygens (including phenoxy) is 1. The Bertz CT molecular complexity index is 1030. The molecule has 0 N–H and O–H groups in total. The van der Waals surface area contributed by atoms with Crippen LogP contribution in [0.2, 0.25) is 5.15 Å². The maximum absolute atomic E-state index is 11.6. The zero-order valence-corrected chi connectivity index (χ0v) is 16.8. The van der Waals surface area contributed by atoms with Crippen LogP contribution in [0.1, 0.15) is 38.7 Å². The molecule has 144 valence electrons.